The van der Waals surface area contributed by atoms with Crippen LogP contribution in [-0.2, 0) is 6.42 Å². The smallest absolute Gasteiger partial charge is 0.315 e. The summed E-state index contributed by atoms with van der Waals surface area (Å²) < 4.78 is 0. The van der Waals surface area contributed by atoms with E-state index in [0.29, 0.717) is 6.54 Å². The normalized spacial score (nSPS) is 17.1. The summed E-state index contributed by atoms with van der Waals surface area (Å²) in [7, 11) is 0. The zero-order valence-electron chi connectivity index (χ0n) is 13.0. The van der Waals surface area contributed by atoms with Crippen molar-refractivity contribution < 1.29 is 9.90 Å². The number of urea groups is 1. The molecular weight excluding hydrogens is 308 g/mol. The Bertz CT molecular complexity index is 624. The van der Waals surface area contributed by atoms with Gasteiger partial charge in [0.15, 0.2) is 0 Å². The molecule has 2 aromatic rings. The first-order chi connectivity index (χ1) is 11.1. The average Bonchev–Trinajstić information content (AvgIpc) is 3.06. The fraction of sp³-hybridized carbons (Fsp3) is 0.389. The first-order valence-corrected chi connectivity index (χ1v) is 8.87. The summed E-state index contributed by atoms with van der Waals surface area (Å²) in [6.45, 7) is 0.321. The molecule has 1 atom stereocenters. The van der Waals surface area contributed by atoms with E-state index in [-0.39, 0.29) is 12.1 Å². The second kappa shape index (κ2) is 7.15. The first kappa shape index (κ1) is 16.0. The highest BCUT2D eigenvalue weighted by Crippen LogP contribution is 2.30. The molecule has 23 heavy (non-hydrogen) atoms. The Balaban J connectivity index is 1.60. The topological polar surface area (TPSA) is 61.4 Å². The predicted molar refractivity (Wildman–Crippen MR) is 92.5 cm³/mol. The van der Waals surface area contributed by atoms with Crippen LogP contribution < -0.4 is 10.6 Å². The molecule has 1 heterocycles. The van der Waals surface area contributed by atoms with Crippen LogP contribution in [0.5, 0.6) is 0 Å². The van der Waals surface area contributed by atoms with E-state index >= 15 is 0 Å². The van der Waals surface area contributed by atoms with Gasteiger partial charge in [-0.3, -0.25) is 0 Å². The molecule has 122 valence electrons. The van der Waals surface area contributed by atoms with E-state index in [4.69, 9.17) is 0 Å². The Morgan fingerprint density at radius 1 is 1.22 bits per heavy atom. The van der Waals surface area contributed by atoms with E-state index in [1.165, 1.54) is 5.56 Å². The van der Waals surface area contributed by atoms with Crippen molar-refractivity contribution in [1.29, 1.82) is 0 Å². The number of nitrogens with one attached hydrogen (secondary N) is 2. The van der Waals surface area contributed by atoms with E-state index in [1.54, 1.807) is 11.3 Å². The van der Waals surface area contributed by atoms with Crippen LogP contribution in [0.2, 0.25) is 0 Å². The molecule has 0 bridgehead atoms. The fourth-order valence-corrected chi connectivity index (χ4v) is 3.56. The lowest BCUT2D eigenvalue weighted by Gasteiger charge is -2.36. The van der Waals surface area contributed by atoms with Crippen molar-refractivity contribution in [2.75, 3.05) is 6.54 Å². The Labute approximate surface area is 140 Å². The van der Waals surface area contributed by atoms with Gasteiger partial charge < -0.3 is 15.7 Å². The van der Waals surface area contributed by atoms with Crippen molar-refractivity contribution >= 4 is 17.4 Å². The third-order valence-electron chi connectivity index (χ3n) is 4.34. The highest BCUT2D eigenvalue weighted by molar-refractivity contribution is 7.10. The Hall–Kier alpha value is -1.85. The van der Waals surface area contributed by atoms with Crippen LogP contribution in [0, 0.1) is 0 Å². The number of amides is 2. The lowest BCUT2D eigenvalue weighted by Crippen LogP contribution is -2.50. The summed E-state index contributed by atoms with van der Waals surface area (Å²) in [5.74, 6) is 0. The third kappa shape index (κ3) is 4.33. The quantitative estimate of drug-likeness (QED) is 0.761. The molecule has 1 aromatic heterocycles. The highest BCUT2D eigenvalue weighted by atomic mass is 32.1. The van der Waals surface area contributed by atoms with Gasteiger partial charge in [-0.1, -0.05) is 36.4 Å². The van der Waals surface area contributed by atoms with E-state index in [1.807, 2.05) is 35.7 Å². The van der Waals surface area contributed by atoms with Crippen LogP contribution in [0.1, 0.15) is 35.7 Å². The molecule has 1 fully saturated rings. The van der Waals surface area contributed by atoms with Gasteiger partial charge in [0, 0.05) is 11.4 Å². The predicted octanol–water partition coefficient (Wildman–Crippen LogP) is 3.25. The van der Waals surface area contributed by atoms with Crippen molar-refractivity contribution in [3.63, 3.8) is 0 Å². The molecule has 5 heteroatoms. The van der Waals surface area contributed by atoms with Crippen LogP contribution in [0.3, 0.4) is 0 Å². The Morgan fingerprint density at radius 3 is 2.61 bits per heavy atom. The summed E-state index contributed by atoms with van der Waals surface area (Å²) >= 11 is 1.64. The molecule has 1 unspecified atom stereocenters. The summed E-state index contributed by atoms with van der Waals surface area (Å²) in [5, 5.41) is 17.9. The molecule has 0 radical (unpaired) electrons. The van der Waals surface area contributed by atoms with Crippen molar-refractivity contribution in [1.82, 2.24) is 10.6 Å². The van der Waals surface area contributed by atoms with Gasteiger partial charge in [-0.2, -0.15) is 0 Å². The number of rotatable bonds is 6. The molecule has 4 nitrogen and oxygen atoms in total. The minimum absolute atomic E-state index is 0.0616. The van der Waals surface area contributed by atoms with Gasteiger partial charge in [0.2, 0.25) is 0 Å². The van der Waals surface area contributed by atoms with Crippen LogP contribution in [0.25, 0.3) is 0 Å². The number of thiophene rings is 1. The lowest BCUT2D eigenvalue weighted by atomic mass is 9.80. The molecule has 0 spiro atoms. The van der Waals surface area contributed by atoms with Gasteiger partial charge in [-0.25, -0.2) is 4.79 Å². The second-order valence-corrected chi connectivity index (χ2v) is 7.14. The average molecular weight is 330 g/mol. The molecule has 0 saturated heterocycles. The molecule has 3 N–H and O–H groups in total. The van der Waals surface area contributed by atoms with Crippen molar-refractivity contribution in [2.45, 2.75) is 37.3 Å². The minimum atomic E-state index is -0.699. The molecule has 1 saturated carbocycles. The van der Waals surface area contributed by atoms with Gasteiger partial charge in [0.1, 0.15) is 0 Å². The number of benzene rings is 1. The van der Waals surface area contributed by atoms with Crippen molar-refractivity contribution in [3.8, 4) is 0 Å². The summed E-state index contributed by atoms with van der Waals surface area (Å²) in [5.41, 5.74) is 0.485. The van der Waals surface area contributed by atoms with Gasteiger partial charge in [0.25, 0.3) is 0 Å². The fourth-order valence-electron chi connectivity index (χ4n) is 2.78. The summed E-state index contributed by atoms with van der Waals surface area (Å²) in [4.78, 5) is 13.3. The highest BCUT2D eigenvalue weighted by Gasteiger charge is 2.34. The van der Waals surface area contributed by atoms with Crippen LogP contribution >= 0.6 is 11.3 Å². The van der Waals surface area contributed by atoms with Gasteiger partial charge in [0.05, 0.1) is 11.6 Å². The van der Waals surface area contributed by atoms with E-state index < -0.39 is 5.60 Å². The number of hydrogen-bond acceptors (Lipinski definition) is 3. The molecule has 1 aliphatic carbocycles. The number of carbonyl (C=O) groups is 1. The van der Waals surface area contributed by atoms with Crippen molar-refractivity contribution in [2.24, 2.45) is 0 Å². The molecular formula is C18H22N2O2S. The maximum absolute atomic E-state index is 12.2. The first-order valence-electron chi connectivity index (χ1n) is 7.99. The Morgan fingerprint density at radius 2 is 2.00 bits per heavy atom. The zero-order chi connectivity index (χ0) is 16.1. The standard InChI is InChI=1S/C18H22N2O2S/c21-17(19-13-18(22)9-5-10-18)20-15(16-8-4-11-23-16)12-14-6-2-1-3-7-14/h1-4,6-8,11,15,22H,5,9-10,12-13H2,(H2,19,20,21). The van der Waals surface area contributed by atoms with E-state index in [0.717, 1.165) is 30.6 Å². The summed E-state index contributed by atoms with van der Waals surface area (Å²) in [6.07, 6.45) is 3.32. The maximum Gasteiger partial charge on any atom is 0.315 e. The zero-order valence-corrected chi connectivity index (χ0v) is 13.8. The minimum Gasteiger partial charge on any atom is -0.388 e. The molecule has 1 aromatic carbocycles. The summed E-state index contributed by atoms with van der Waals surface area (Å²) in [6, 6.07) is 13.9. The molecule has 2 amide bonds. The number of hydrogen-bond donors (Lipinski definition) is 3. The van der Waals surface area contributed by atoms with Crippen LogP contribution in [0.4, 0.5) is 4.79 Å². The van der Waals surface area contributed by atoms with Crippen LogP contribution in [0.15, 0.2) is 47.8 Å². The molecule has 0 aliphatic heterocycles. The monoisotopic (exact) mass is 330 g/mol. The third-order valence-corrected chi connectivity index (χ3v) is 5.32. The molecule has 3 rings (SSSR count). The van der Waals surface area contributed by atoms with Gasteiger partial charge >= 0.3 is 6.03 Å². The molecule has 1 aliphatic rings. The Kier molecular flexibility index (Phi) is 4.98. The lowest BCUT2D eigenvalue weighted by molar-refractivity contribution is -0.0290. The van der Waals surface area contributed by atoms with Crippen molar-refractivity contribution in [3.05, 3.63) is 58.3 Å². The number of carbonyl (C=O) groups excluding carboxylic acids is 1. The van der Waals surface area contributed by atoms with Gasteiger partial charge in [-0.05, 0) is 42.7 Å². The second-order valence-electron chi connectivity index (χ2n) is 6.16. The van der Waals surface area contributed by atoms with Gasteiger partial charge in [-0.15, -0.1) is 11.3 Å². The SMILES string of the molecule is O=C(NCC1(O)CCC1)NC(Cc1ccccc1)c1cccs1. The maximum atomic E-state index is 12.2. The largest absolute Gasteiger partial charge is 0.388 e. The van der Waals surface area contributed by atoms with E-state index in [2.05, 4.69) is 22.8 Å². The van der Waals surface area contributed by atoms with E-state index in [9.17, 15) is 9.90 Å². The van der Waals surface area contributed by atoms with Crippen LogP contribution in [-0.4, -0.2) is 23.3 Å². The number of aliphatic hydroxyl groups is 1.